The summed E-state index contributed by atoms with van der Waals surface area (Å²) in [6.45, 7) is 0. The smallest absolute Gasteiger partial charge is 0.358 e. The molecule has 0 radical (unpaired) electrons. The molecule has 0 saturated heterocycles. The number of carbonyl (C=O) groups is 1. The van der Waals surface area contributed by atoms with Gasteiger partial charge in [-0.05, 0) is 31.9 Å². The van der Waals surface area contributed by atoms with Crippen molar-refractivity contribution >= 4 is 49.4 Å². The van der Waals surface area contributed by atoms with Crippen LogP contribution in [-0.2, 0) is 4.74 Å². The Balaban J connectivity index is 3.28. The van der Waals surface area contributed by atoms with Crippen molar-refractivity contribution in [2.24, 2.45) is 0 Å². The summed E-state index contributed by atoms with van der Waals surface area (Å²) in [6, 6.07) is 0. The van der Waals surface area contributed by atoms with Crippen molar-refractivity contribution in [3.05, 3.63) is 20.1 Å². The Morgan fingerprint density at radius 1 is 1.46 bits per heavy atom. The maximum atomic E-state index is 11.1. The number of nitrogens with zero attached hydrogens (tertiary/aromatic N) is 2. The Labute approximate surface area is 95.9 Å². The van der Waals surface area contributed by atoms with Gasteiger partial charge >= 0.3 is 5.97 Å². The van der Waals surface area contributed by atoms with Gasteiger partial charge in [-0.15, -0.1) is 0 Å². The lowest BCUT2D eigenvalue weighted by molar-refractivity contribution is 0.0593. The molecule has 0 N–H and O–H groups in total. The molecule has 7 heteroatoms. The molecule has 4 nitrogen and oxygen atoms in total. The van der Waals surface area contributed by atoms with Crippen LogP contribution in [0, 0.1) is 0 Å². The van der Waals surface area contributed by atoms with E-state index in [0.717, 1.165) is 0 Å². The Bertz CT molecular complexity index is 359. The predicted molar refractivity (Wildman–Crippen MR) is 53.8 cm³/mol. The highest BCUT2D eigenvalue weighted by Crippen LogP contribution is 2.25. The third-order valence-corrected chi connectivity index (χ3v) is 2.68. The topological polar surface area (TPSA) is 52.1 Å². The molecule has 1 aromatic heterocycles. The predicted octanol–water partition coefficient (Wildman–Crippen LogP) is 2.44. The quantitative estimate of drug-likeness (QED) is 0.451. The highest BCUT2D eigenvalue weighted by Gasteiger charge is 2.17. The summed E-state index contributed by atoms with van der Waals surface area (Å²) in [5, 5.41) is 0.134. The van der Waals surface area contributed by atoms with Crippen LogP contribution < -0.4 is 0 Å². The van der Waals surface area contributed by atoms with E-state index < -0.39 is 5.97 Å². The molecule has 0 aliphatic carbocycles. The Morgan fingerprint density at radius 3 is 2.62 bits per heavy atom. The Kier molecular flexibility index (Phi) is 3.63. The summed E-state index contributed by atoms with van der Waals surface area (Å²) in [7, 11) is 1.25. The van der Waals surface area contributed by atoms with Crippen LogP contribution in [0.5, 0.6) is 0 Å². The monoisotopic (exact) mass is 328 g/mol. The SMILES string of the molecule is COC(=O)c1nc(Br)nc(Br)c1Cl. The van der Waals surface area contributed by atoms with Crippen molar-refractivity contribution in [2.75, 3.05) is 7.11 Å². The molecule has 0 unspecified atom stereocenters. The van der Waals surface area contributed by atoms with Gasteiger partial charge < -0.3 is 4.74 Å². The standard InChI is InChI=1S/C6H3Br2ClN2O2/c1-13-5(12)3-2(9)4(7)11-6(8)10-3/h1H3. The molecule has 0 spiro atoms. The second-order valence-corrected chi connectivity index (χ2v) is 3.78. The highest BCUT2D eigenvalue weighted by atomic mass is 79.9. The Morgan fingerprint density at radius 2 is 2.08 bits per heavy atom. The molecule has 0 saturated carbocycles. The van der Waals surface area contributed by atoms with Crippen molar-refractivity contribution < 1.29 is 9.53 Å². The van der Waals surface area contributed by atoms with E-state index in [1.165, 1.54) is 7.11 Å². The maximum Gasteiger partial charge on any atom is 0.358 e. The van der Waals surface area contributed by atoms with Crippen LogP contribution in [0.4, 0.5) is 0 Å². The van der Waals surface area contributed by atoms with Gasteiger partial charge in [-0.3, -0.25) is 0 Å². The number of aromatic nitrogens is 2. The van der Waals surface area contributed by atoms with Gasteiger partial charge in [0.15, 0.2) is 10.4 Å². The largest absolute Gasteiger partial charge is 0.464 e. The normalized spacial score (nSPS) is 9.85. The summed E-state index contributed by atoms with van der Waals surface area (Å²) < 4.78 is 5.08. The van der Waals surface area contributed by atoms with Gasteiger partial charge in [-0.1, -0.05) is 11.6 Å². The summed E-state index contributed by atoms with van der Waals surface area (Å²) in [5.74, 6) is -0.603. The van der Waals surface area contributed by atoms with E-state index in [2.05, 4.69) is 46.6 Å². The van der Waals surface area contributed by atoms with Gasteiger partial charge in [0.05, 0.1) is 7.11 Å². The molecule has 0 aliphatic rings. The first-order valence-electron chi connectivity index (χ1n) is 3.03. The van der Waals surface area contributed by atoms with Crippen molar-refractivity contribution in [3.8, 4) is 0 Å². The maximum absolute atomic E-state index is 11.1. The van der Waals surface area contributed by atoms with Crippen LogP contribution in [0.25, 0.3) is 0 Å². The van der Waals surface area contributed by atoms with Crippen LogP contribution in [0.3, 0.4) is 0 Å². The van der Waals surface area contributed by atoms with Gasteiger partial charge in [0.25, 0.3) is 0 Å². The fourth-order valence-corrected chi connectivity index (χ4v) is 1.74. The highest BCUT2D eigenvalue weighted by molar-refractivity contribution is 9.11. The molecule has 13 heavy (non-hydrogen) atoms. The first-order chi connectivity index (χ1) is 6.06. The first kappa shape index (κ1) is 10.9. The average Bonchev–Trinajstić information content (AvgIpc) is 2.10. The van der Waals surface area contributed by atoms with Gasteiger partial charge in [-0.25, -0.2) is 14.8 Å². The second kappa shape index (κ2) is 4.34. The molecule has 1 heterocycles. The molecular formula is C6H3Br2ClN2O2. The van der Waals surface area contributed by atoms with E-state index in [4.69, 9.17) is 11.6 Å². The zero-order chi connectivity index (χ0) is 10.0. The van der Waals surface area contributed by atoms with Crippen LogP contribution >= 0.6 is 43.5 Å². The fraction of sp³-hybridized carbons (Fsp3) is 0.167. The molecule has 0 bridgehead atoms. The van der Waals surface area contributed by atoms with Crippen molar-refractivity contribution in [3.63, 3.8) is 0 Å². The third-order valence-electron chi connectivity index (χ3n) is 1.16. The average molecular weight is 330 g/mol. The lowest BCUT2D eigenvalue weighted by Crippen LogP contribution is -2.06. The number of hydrogen-bond donors (Lipinski definition) is 0. The number of rotatable bonds is 1. The molecular weight excluding hydrogens is 327 g/mol. The second-order valence-electron chi connectivity index (χ2n) is 1.94. The lowest BCUT2D eigenvalue weighted by atomic mass is 10.4. The molecule has 1 aromatic rings. The van der Waals surface area contributed by atoms with E-state index >= 15 is 0 Å². The molecule has 0 aromatic carbocycles. The number of carbonyl (C=O) groups excluding carboxylic acids is 1. The summed E-state index contributed by atoms with van der Waals surface area (Å²) in [5.41, 5.74) is 0.0258. The van der Waals surface area contributed by atoms with Crippen molar-refractivity contribution in [2.45, 2.75) is 0 Å². The summed E-state index contributed by atoms with van der Waals surface area (Å²) in [6.07, 6.45) is 0. The van der Waals surface area contributed by atoms with E-state index in [0.29, 0.717) is 4.60 Å². The number of esters is 1. The summed E-state index contributed by atoms with van der Waals surface area (Å²) >= 11 is 11.8. The number of methoxy groups -OCH3 is 1. The van der Waals surface area contributed by atoms with Crippen LogP contribution in [0.1, 0.15) is 10.5 Å². The number of hydrogen-bond acceptors (Lipinski definition) is 4. The zero-order valence-electron chi connectivity index (χ0n) is 6.34. The van der Waals surface area contributed by atoms with E-state index in [1.807, 2.05) is 0 Å². The van der Waals surface area contributed by atoms with Gasteiger partial charge in [0.1, 0.15) is 9.63 Å². The molecule has 1 rings (SSSR count). The van der Waals surface area contributed by atoms with Gasteiger partial charge in [-0.2, -0.15) is 0 Å². The minimum atomic E-state index is -0.603. The minimum absolute atomic E-state index is 0.0258. The van der Waals surface area contributed by atoms with Crippen LogP contribution in [0.15, 0.2) is 9.34 Å². The number of halogens is 3. The number of ether oxygens (including phenoxy) is 1. The minimum Gasteiger partial charge on any atom is -0.464 e. The van der Waals surface area contributed by atoms with E-state index in [1.54, 1.807) is 0 Å². The van der Waals surface area contributed by atoms with Crippen LogP contribution in [-0.4, -0.2) is 23.0 Å². The zero-order valence-corrected chi connectivity index (χ0v) is 10.3. The van der Waals surface area contributed by atoms with Gasteiger partial charge in [0.2, 0.25) is 0 Å². The molecule has 0 fully saturated rings. The third kappa shape index (κ3) is 2.38. The molecule has 0 aliphatic heterocycles. The van der Waals surface area contributed by atoms with E-state index in [-0.39, 0.29) is 15.5 Å². The lowest BCUT2D eigenvalue weighted by Gasteiger charge is -2.02. The van der Waals surface area contributed by atoms with Crippen LogP contribution in [0.2, 0.25) is 5.02 Å². The molecule has 70 valence electrons. The van der Waals surface area contributed by atoms with Crippen molar-refractivity contribution in [1.82, 2.24) is 9.97 Å². The van der Waals surface area contributed by atoms with Gasteiger partial charge in [0, 0.05) is 0 Å². The fourth-order valence-electron chi connectivity index (χ4n) is 0.626. The first-order valence-corrected chi connectivity index (χ1v) is 4.99. The molecule has 0 amide bonds. The molecule has 0 atom stereocenters. The van der Waals surface area contributed by atoms with Crippen molar-refractivity contribution in [1.29, 1.82) is 0 Å². The summed E-state index contributed by atoms with van der Waals surface area (Å²) in [4.78, 5) is 18.7. The Hall–Kier alpha value is -0.200. The van der Waals surface area contributed by atoms with E-state index in [9.17, 15) is 4.79 Å².